The number of aliphatic hydroxyl groups excluding tert-OH is 1. The van der Waals surface area contributed by atoms with Crippen molar-refractivity contribution in [2.75, 3.05) is 20.2 Å². The normalized spacial score (nSPS) is 13.7. The Morgan fingerprint density at radius 3 is 2.35 bits per heavy atom. The van der Waals surface area contributed by atoms with Crippen LogP contribution in [0.1, 0.15) is 59.9 Å². The van der Waals surface area contributed by atoms with Crippen LogP contribution in [0.15, 0.2) is 87.7 Å². The minimum absolute atomic E-state index is 0.153. The SMILES string of the molecule is C=C/C(C)=C(C/C(C)=C/SC(=C)CNC(=O)[C@H](OC)[C@@H](O)C(=O)N(CC)Cc1ccccc1)\C(Cl)=C/CC.CC. The van der Waals surface area contributed by atoms with Gasteiger partial charge in [-0.05, 0) is 55.7 Å². The number of hydrogen-bond acceptors (Lipinski definition) is 5. The number of thioether (sulfide) groups is 1. The molecule has 0 radical (unpaired) electrons. The van der Waals surface area contributed by atoms with Crippen molar-refractivity contribution >= 4 is 35.2 Å². The molecule has 0 aromatic heterocycles. The van der Waals surface area contributed by atoms with Crippen molar-refractivity contribution in [3.05, 3.63) is 93.3 Å². The quantitative estimate of drug-likeness (QED) is 0.200. The van der Waals surface area contributed by atoms with Crippen molar-refractivity contribution in [1.29, 1.82) is 0 Å². The number of halogens is 1. The summed E-state index contributed by atoms with van der Waals surface area (Å²) >= 11 is 7.87. The van der Waals surface area contributed by atoms with E-state index >= 15 is 0 Å². The molecule has 1 aromatic carbocycles. The lowest BCUT2D eigenvalue weighted by Crippen LogP contribution is -2.51. The van der Waals surface area contributed by atoms with Crippen LogP contribution in [0.4, 0.5) is 0 Å². The molecule has 0 spiro atoms. The Morgan fingerprint density at radius 2 is 1.82 bits per heavy atom. The first-order valence-corrected chi connectivity index (χ1v) is 14.8. The second kappa shape index (κ2) is 21.2. The molecule has 0 bridgehead atoms. The molecule has 2 atom stereocenters. The highest BCUT2D eigenvalue weighted by Crippen LogP contribution is 2.28. The highest BCUT2D eigenvalue weighted by atomic mass is 35.5. The number of carbonyl (C=O) groups excluding carboxylic acids is 2. The monoisotopic (exact) mass is 590 g/mol. The van der Waals surface area contributed by atoms with Gasteiger partial charge in [0.2, 0.25) is 0 Å². The molecule has 1 rings (SSSR count). The number of methoxy groups -OCH3 is 1. The Hall–Kier alpha value is -2.58. The van der Waals surface area contributed by atoms with Crippen LogP contribution < -0.4 is 5.32 Å². The maximum absolute atomic E-state index is 12.9. The average Bonchev–Trinajstić information content (AvgIpc) is 2.97. The van der Waals surface area contributed by atoms with E-state index < -0.39 is 24.0 Å². The van der Waals surface area contributed by atoms with Crippen LogP contribution in [0.5, 0.6) is 0 Å². The molecule has 0 aliphatic rings. The predicted molar refractivity (Wildman–Crippen MR) is 171 cm³/mol. The molecule has 0 heterocycles. The third kappa shape index (κ3) is 13.2. The van der Waals surface area contributed by atoms with Gasteiger partial charge in [0.1, 0.15) is 0 Å². The zero-order valence-corrected chi connectivity index (χ0v) is 26.7. The summed E-state index contributed by atoms with van der Waals surface area (Å²) in [6.07, 6.45) is 2.30. The first kappa shape index (κ1) is 37.4. The lowest BCUT2D eigenvalue weighted by atomic mass is 10.0. The number of rotatable bonds is 16. The standard InChI is InChI=1S/C30H41ClN2O4S.C2H6/c1-8-14-26(31)25(22(5)9-2)17-21(4)20-38-23(6)18-32-29(35)28(37-7)27(34)30(36)33(10-3)19-24-15-12-11-13-16-24;1-2/h9,11-16,20,27-28,34H,2,6,8,10,17-19H2,1,3-5,7H3,(H,32,35);1-2H3/b21-20+,25-22-,26-14+;/t27-,28-;/m1./s1. The minimum atomic E-state index is -1.63. The third-order valence-corrected chi connectivity index (χ3v) is 7.14. The number of ether oxygens (including phenoxy) is 1. The van der Waals surface area contributed by atoms with Gasteiger partial charge >= 0.3 is 0 Å². The van der Waals surface area contributed by atoms with Gasteiger partial charge in [-0.25, -0.2) is 0 Å². The van der Waals surface area contributed by atoms with Crippen molar-refractivity contribution in [2.45, 2.75) is 73.1 Å². The maximum Gasteiger partial charge on any atom is 0.254 e. The van der Waals surface area contributed by atoms with Gasteiger partial charge < -0.3 is 20.1 Å². The van der Waals surface area contributed by atoms with Gasteiger partial charge in [-0.3, -0.25) is 9.59 Å². The molecule has 6 nitrogen and oxygen atoms in total. The van der Waals surface area contributed by atoms with Gasteiger partial charge in [0.25, 0.3) is 11.8 Å². The molecule has 0 unspecified atom stereocenters. The molecule has 222 valence electrons. The number of aliphatic hydroxyl groups is 1. The molecule has 40 heavy (non-hydrogen) atoms. The lowest BCUT2D eigenvalue weighted by Gasteiger charge is -2.27. The van der Waals surface area contributed by atoms with E-state index in [9.17, 15) is 14.7 Å². The average molecular weight is 591 g/mol. The van der Waals surface area contributed by atoms with Crippen LogP contribution in [-0.4, -0.2) is 54.2 Å². The van der Waals surface area contributed by atoms with Crippen LogP contribution in [0.3, 0.4) is 0 Å². The van der Waals surface area contributed by atoms with E-state index in [0.717, 1.165) is 33.7 Å². The van der Waals surface area contributed by atoms with Gasteiger partial charge in [0, 0.05) is 36.7 Å². The van der Waals surface area contributed by atoms with Crippen LogP contribution >= 0.6 is 23.4 Å². The fraction of sp³-hybridized carbons (Fsp3) is 0.438. The van der Waals surface area contributed by atoms with E-state index in [1.165, 1.54) is 23.8 Å². The number of likely N-dealkylation sites (N-methyl/N-ethyl adjacent to an activating group) is 1. The summed E-state index contributed by atoms with van der Waals surface area (Å²) in [7, 11) is 1.29. The summed E-state index contributed by atoms with van der Waals surface area (Å²) in [6, 6.07) is 9.46. The van der Waals surface area contributed by atoms with Crippen molar-refractivity contribution in [3.8, 4) is 0 Å². The first-order valence-electron chi connectivity index (χ1n) is 13.6. The molecule has 0 aliphatic carbocycles. The number of nitrogens with zero attached hydrogens (tertiary/aromatic N) is 1. The first-order chi connectivity index (χ1) is 19.1. The van der Waals surface area contributed by atoms with E-state index in [4.69, 9.17) is 16.3 Å². The molecular formula is C32H47ClN2O4S. The molecular weight excluding hydrogens is 544 g/mol. The number of amides is 2. The molecule has 0 saturated carbocycles. The zero-order valence-electron chi connectivity index (χ0n) is 25.1. The fourth-order valence-electron chi connectivity index (χ4n) is 3.52. The number of hydrogen-bond donors (Lipinski definition) is 2. The van der Waals surface area contributed by atoms with Gasteiger partial charge in [-0.15, -0.1) is 11.8 Å². The molecule has 0 saturated heterocycles. The Balaban J connectivity index is 0.00000742. The molecule has 0 fully saturated rings. The molecule has 1 aromatic rings. The second-order valence-electron chi connectivity index (χ2n) is 8.78. The van der Waals surface area contributed by atoms with Crippen LogP contribution in [0.2, 0.25) is 0 Å². The van der Waals surface area contributed by atoms with Crippen LogP contribution in [-0.2, 0) is 20.9 Å². The summed E-state index contributed by atoms with van der Waals surface area (Å²) < 4.78 is 5.20. The Bertz CT molecular complexity index is 1050. The minimum Gasteiger partial charge on any atom is -0.380 e. The maximum atomic E-state index is 12.9. The molecule has 8 heteroatoms. The van der Waals surface area contributed by atoms with Crippen LogP contribution in [0.25, 0.3) is 0 Å². The van der Waals surface area contributed by atoms with Gasteiger partial charge in [-0.2, -0.15) is 0 Å². The van der Waals surface area contributed by atoms with Gasteiger partial charge in [0.15, 0.2) is 12.2 Å². The van der Waals surface area contributed by atoms with Gasteiger partial charge in [0.05, 0.1) is 0 Å². The molecule has 2 amide bonds. The number of carbonyl (C=O) groups is 2. The Morgan fingerprint density at radius 1 is 1.20 bits per heavy atom. The molecule has 0 aliphatic heterocycles. The van der Waals surface area contributed by atoms with E-state index in [1.807, 2.05) is 83.4 Å². The smallest absolute Gasteiger partial charge is 0.254 e. The zero-order chi connectivity index (χ0) is 30.7. The lowest BCUT2D eigenvalue weighted by molar-refractivity contribution is -0.155. The largest absolute Gasteiger partial charge is 0.380 e. The van der Waals surface area contributed by atoms with Gasteiger partial charge in [-0.1, -0.05) is 93.6 Å². The number of benzene rings is 1. The molecule has 2 N–H and O–H groups in total. The number of nitrogens with one attached hydrogen (secondary N) is 1. The highest BCUT2D eigenvalue weighted by Gasteiger charge is 2.34. The van der Waals surface area contributed by atoms with Crippen molar-refractivity contribution in [1.82, 2.24) is 10.2 Å². The van der Waals surface area contributed by atoms with Crippen molar-refractivity contribution in [2.24, 2.45) is 0 Å². The van der Waals surface area contributed by atoms with E-state index in [2.05, 4.69) is 18.5 Å². The Kier molecular flexibility index (Phi) is 19.8. The summed E-state index contributed by atoms with van der Waals surface area (Å²) in [5.74, 6) is -1.16. The topological polar surface area (TPSA) is 78.9 Å². The number of allylic oxidation sites excluding steroid dienone is 6. The van der Waals surface area contributed by atoms with Crippen molar-refractivity contribution in [3.63, 3.8) is 0 Å². The highest BCUT2D eigenvalue weighted by molar-refractivity contribution is 8.05. The third-order valence-electron chi connectivity index (χ3n) is 5.76. The fourth-order valence-corrected chi connectivity index (χ4v) is 4.49. The van der Waals surface area contributed by atoms with Crippen LogP contribution in [0, 0.1) is 0 Å². The predicted octanol–water partition coefficient (Wildman–Crippen LogP) is 7.13. The Labute approximate surface area is 250 Å². The second-order valence-corrected chi connectivity index (χ2v) is 10.2. The van der Waals surface area contributed by atoms with E-state index in [0.29, 0.717) is 24.4 Å². The summed E-state index contributed by atoms with van der Waals surface area (Å²) in [4.78, 5) is 27.8. The summed E-state index contributed by atoms with van der Waals surface area (Å²) in [5.41, 5.74) is 4.05. The van der Waals surface area contributed by atoms with E-state index in [-0.39, 0.29) is 6.54 Å². The summed E-state index contributed by atoms with van der Waals surface area (Å²) in [5, 5.41) is 16.1. The van der Waals surface area contributed by atoms with Crippen molar-refractivity contribution < 1.29 is 19.4 Å². The van der Waals surface area contributed by atoms with E-state index in [1.54, 1.807) is 6.08 Å². The summed E-state index contributed by atoms with van der Waals surface area (Å²) in [6.45, 7) is 20.6.